The van der Waals surface area contributed by atoms with E-state index in [9.17, 15) is 22.8 Å². The fraction of sp³-hybridized carbons (Fsp3) is 0.500. The topological polar surface area (TPSA) is 126 Å². The lowest BCUT2D eigenvalue weighted by molar-refractivity contribution is -0.159. The van der Waals surface area contributed by atoms with E-state index in [0.29, 0.717) is 42.7 Å². The molecule has 1 N–H and O–H groups in total. The largest absolute Gasteiger partial charge is 0.379 e. The first-order valence-corrected chi connectivity index (χ1v) is 18.3. The van der Waals surface area contributed by atoms with Gasteiger partial charge in [0, 0.05) is 49.2 Å². The number of pyridine rings is 1. The molecule has 3 heterocycles. The smallest absolute Gasteiger partial charge is 0.339 e. The van der Waals surface area contributed by atoms with Crippen LogP contribution in [0.5, 0.6) is 5.75 Å². The summed E-state index contributed by atoms with van der Waals surface area (Å²) in [5, 5.41) is 3.70. The zero-order chi connectivity index (χ0) is 32.3. The standard InChI is InChI=1S/C36H40N4O6S/c41-33-31(17-23-4-6-29(7-5-23)46-47(44,45)32-3-1-2-28-21-37-11-8-30(28)32)40(35(43)38-33)22-24-9-12-39(13-10-24)34(42)36-18-25-14-26(19-36)16-27(15-25)20-36/h1-8,11,21,24-27,31H,9-10,12-20,22H2,(H,38,41,43). The van der Waals surface area contributed by atoms with E-state index < -0.39 is 16.2 Å². The summed E-state index contributed by atoms with van der Waals surface area (Å²) < 4.78 is 31.7. The summed E-state index contributed by atoms with van der Waals surface area (Å²) in [6.07, 6.45) is 12.2. The summed E-state index contributed by atoms with van der Waals surface area (Å²) in [7, 11) is -4.11. The molecule has 3 aromatic rings. The Kier molecular flexibility index (Phi) is 7.50. The van der Waals surface area contributed by atoms with Gasteiger partial charge in [-0.3, -0.25) is 19.9 Å². The Balaban J connectivity index is 0.887. The van der Waals surface area contributed by atoms with Gasteiger partial charge in [0.25, 0.3) is 5.91 Å². The maximum Gasteiger partial charge on any atom is 0.339 e. The third-order valence-electron chi connectivity index (χ3n) is 11.5. The molecule has 10 nitrogen and oxygen atoms in total. The minimum absolute atomic E-state index is 0.0567. The maximum atomic E-state index is 13.8. The van der Waals surface area contributed by atoms with Crippen LogP contribution in [0.3, 0.4) is 0 Å². The number of urea groups is 1. The van der Waals surface area contributed by atoms with Crippen LogP contribution in [-0.4, -0.2) is 66.7 Å². The number of fused-ring (bicyclic) bond motifs is 1. The van der Waals surface area contributed by atoms with Crippen molar-refractivity contribution in [2.45, 2.75) is 68.7 Å². The Hall–Kier alpha value is -3.99. The van der Waals surface area contributed by atoms with E-state index in [1.165, 1.54) is 31.5 Å². The molecular formula is C36H40N4O6S. The highest BCUT2D eigenvalue weighted by molar-refractivity contribution is 7.87. The highest BCUT2D eigenvalue weighted by atomic mass is 32.2. The van der Waals surface area contributed by atoms with Crippen LogP contribution in [0, 0.1) is 29.1 Å². The van der Waals surface area contributed by atoms with Crippen molar-refractivity contribution < 1.29 is 27.0 Å². The van der Waals surface area contributed by atoms with E-state index in [1.807, 2.05) is 0 Å². The molecular weight excluding hydrogens is 616 g/mol. The van der Waals surface area contributed by atoms with Gasteiger partial charge in [-0.05, 0) is 105 Å². The van der Waals surface area contributed by atoms with E-state index in [-0.39, 0.29) is 33.9 Å². The average molecular weight is 657 g/mol. The molecule has 2 aliphatic heterocycles. The second-order valence-corrected chi connectivity index (χ2v) is 16.1. The van der Waals surface area contributed by atoms with Crippen LogP contribution in [0.25, 0.3) is 10.8 Å². The highest BCUT2D eigenvalue weighted by Crippen LogP contribution is 2.60. The normalized spacial score (nSPS) is 29.0. The average Bonchev–Trinajstić information content (AvgIpc) is 3.31. The predicted octanol–water partition coefficient (Wildman–Crippen LogP) is 4.92. The van der Waals surface area contributed by atoms with Gasteiger partial charge in [0.1, 0.15) is 16.7 Å². The zero-order valence-corrected chi connectivity index (χ0v) is 27.2. The first-order chi connectivity index (χ1) is 22.7. The number of piperidine rings is 1. The number of likely N-dealkylation sites (tertiary alicyclic amines) is 1. The fourth-order valence-corrected chi connectivity index (χ4v) is 10.8. The summed E-state index contributed by atoms with van der Waals surface area (Å²) >= 11 is 0. The second-order valence-electron chi connectivity index (χ2n) is 14.6. The molecule has 1 aromatic heterocycles. The van der Waals surface area contributed by atoms with Crippen molar-refractivity contribution in [3.8, 4) is 5.75 Å². The third-order valence-corrected chi connectivity index (χ3v) is 12.8. The number of hydrogen-bond donors (Lipinski definition) is 1. The molecule has 6 fully saturated rings. The van der Waals surface area contributed by atoms with Crippen molar-refractivity contribution >= 4 is 38.7 Å². The Bertz CT molecular complexity index is 1790. The molecule has 9 rings (SSSR count). The second kappa shape index (κ2) is 11.6. The molecule has 4 aliphatic carbocycles. The predicted molar refractivity (Wildman–Crippen MR) is 174 cm³/mol. The molecule has 0 radical (unpaired) electrons. The number of hydrogen-bond acceptors (Lipinski definition) is 7. The van der Waals surface area contributed by atoms with Gasteiger partial charge >= 0.3 is 16.1 Å². The number of nitrogens with zero attached hydrogens (tertiary/aromatic N) is 3. The number of benzene rings is 2. The van der Waals surface area contributed by atoms with Crippen LogP contribution in [0.2, 0.25) is 0 Å². The van der Waals surface area contributed by atoms with Crippen LogP contribution in [0.1, 0.15) is 56.9 Å². The van der Waals surface area contributed by atoms with Gasteiger partial charge < -0.3 is 14.0 Å². The number of rotatable bonds is 8. The molecule has 4 bridgehead atoms. The lowest BCUT2D eigenvalue weighted by Gasteiger charge is -2.57. The van der Waals surface area contributed by atoms with Gasteiger partial charge in [0.05, 0.1) is 5.41 Å². The van der Waals surface area contributed by atoms with Crippen LogP contribution < -0.4 is 9.50 Å². The molecule has 1 unspecified atom stereocenters. The molecule has 2 aromatic carbocycles. The first kappa shape index (κ1) is 30.4. The number of imide groups is 1. The van der Waals surface area contributed by atoms with Gasteiger partial charge in [-0.25, -0.2) is 4.79 Å². The van der Waals surface area contributed by atoms with E-state index in [0.717, 1.165) is 55.4 Å². The quantitative estimate of drug-likeness (QED) is 0.270. The summed E-state index contributed by atoms with van der Waals surface area (Å²) in [6.45, 7) is 1.88. The number of amides is 4. The van der Waals surface area contributed by atoms with E-state index in [1.54, 1.807) is 53.6 Å². The van der Waals surface area contributed by atoms with Crippen molar-refractivity contribution in [1.82, 2.24) is 20.1 Å². The molecule has 1 atom stereocenters. The van der Waals surface area contributed by atoms with Crippen molar-refractivity contribution in [1.29, 1.82) is 0 Å². The Morgan fingerprint density at radius 1 is 0.936 bits per heavy atom. The van der Waals surface area contributed by atoms with Crippen LogP contribution in [0.4, 0.5) is 4.79 Å². The molecule has 2 saturated heterocycles. The van der Waals surface area contributed by atoms with Gasteiger partial charge in [-0.1, -0.05) is 24.3 Å². The Morgan fingerprint density at radius 3 is 2.30 bits per heavy atom. The minimum atomic E-state index is -4.11. The van der Waals surface area contributed by atoms with Crippen LogP contribution in [0.15, 0.2) is 65.8 Å². The zero-order valence-electron chi connectivity index (χ0n) is 26.3. The number of aromatic nitrogens is 1. The van der Waals surface area contributed by atoms with E-state index >= 15 is 0 Å². The summed E-state index contributed by atoms with van der Waals surface area (Å²) in [5.74, 6) is 2.59. The molecule has 4 amide bonds. The molecule has 246 valence electrons. The number of nitrogens with one attached hydrogen (secondary N) is 1. The van der Waals surface area contributed by atoms with Crippen molar-refractivity contribution in [2.75, 3.05) is 19.6 Å². The van der Waals surface area contributed by atoms with E-state index in [2.05, 4.69) is 15.2 Å². The number of carbonyl (C=O) groups excluding carboxylic acids is 3. The van der Waals surface area contributed by atoms with Gasteiger partial charge in [0.15, 0.2) is 0 Å². The molecule has 6 aliphatic rings. The Labute approximate surface area is 275 Å². The summed E-state index contributed by atoms with van der Waals surface area (Å²) in [6, 6.07) is 12.1. The molecule has 47 heavy (non-hydrogen) atoms. The van der Waals surface area contributed by atoms with Crippen molar-refractivity contribution in [3.05, 3.63) is 66.5 Å². The van der Waals surface area contributed by atoms with E-state index in [4.69, 9.17) is 4.18 Å². The molecule has 11 heteroatoms. The highest BCUT2D eigenvalue weighted by Gasteiger charge is 2.55. The maximum absolute atomic E-state index is 13.8. The molecule has 4 saturated carbocycles. The van der Waals surface area contributed by atoms with Crippen molar-refractivity contribution in [3.63, 3.8) is 0 Å². The Morgan fingerprint density at radius 2 is 1.62 bits per heavy atom. The molecule has 0 spiro atoms. The van der Waals surface area contributed by atoms with Crippen LogP contribution >= 0.6 is 0 Å². The van der Waals surface area contributed by atoms with Crippen LogP contribution in [-0.2, 0) is 26.1 Å². The van der Waals surface area contributed by atoms with Crippen molar-refractivity contribution in [2.24, 2.45) is 29.1 Å². The first-order valence-electron chi connectivity index (χ1n) is 16.9. The van der Waals surface area contributed by atoms with Gasteiger partial charge in [-0.2, -0.15) is 8.42 Å². The third kappa shape index (κ3) is 5.66. The SMILES string of the molecule is O=C1NC(=O)N(CC2CCN(C(=O)C34CC5CC(CC(C5)C3)C4)CC2)C1Cc1ccc(OS(=O)(=O)c2cccc3cnccc23)cc1. The summed E-state index contributed by atoms with van der Waals surface area (Å²) in [5.41, 5.74) is 0.647. The lowest BCUT2D eigenvalue weighted by Crippen LogP contribution is -2.56. The summed E-state index contributed by atoms with van der Waals surface area (Å²) in [4.78, 5) is 47.4. The fourth-order valence-electron chi connectivity index (χ4n) is 9.65. The monoisotopic (exact) mass is 656 g/mol. The minimum Gasteiger partial charge on any atom is -0.379 e. The van der Waals surface area contributed by atoms with Gasteiger partial charge in [-0.15, -0.1) is 0 Å². The van der Waals surface area contributed by atoms with Gasteiger partial charge in [0.2, 0.25) is 5.91 Å². The number of carbonyl (C=O) groups is 3. The lowest BCUT2D eigenvalue weighted by atomic mass is 9.49.